The smallest absolute Gasteiger partial charge is 0.410 e. The van der Waals surface area contributed by atoms with Crippen molar-refractivity contribution in [1.82, 2.24) is 14.9 Å². The standard InChI is InChI=1S/C15H24N6O2.C2H6/c1-9(16)11-12(17)18-8-19-13(11)20-10-5-6-21(7-10)14(22)23-15(2,3)4;1-2/h8,10,16H,5-7H2,1-4H3,(H3,17,18,19,20);1-2H3. The van der Waals surface area contributed by atoms with Crippen LogP contribution in [0.2, 0.25) is 0 Å². The molecule has 2 rings (SSSR count). The number of anilines is 2. The number of likely N-dealkylation sites (tertiary alicyclic amines) is 1. The van der Waals surface area contributed by atoms with Gasteiger partial charge in [-0.05, 0) is 34.1 Å². The highest BCUT2D eigenvalue weighted by molar-refractivity contribution is 6.04. The third kappa shape index (κ3) is 5.88. The van der Waals surface area contributed by atoms with Crippen molar-refractivity contribution in [2.24, 2.45) is 0 Å². The summed E-state index contributed by atoms with van der Waals surface area (Å²) in [5.41, 5.74) is 6.12. The lowest BCUT2D eigenvalue weighted by atomic mass is 10.1. The highest BCUT2D eigenvalue weighted by Crippen LogP contribution is 2.22. The molecule has 1 amide bonds. The van der Waals surface area contributed by atoms with E-state index < -0.39 is 5.60 Å². The van der Waals surface area contributed by atoms with Crippen LogP contribution in [0, 0.1) is 5.41 Å². The van der Waals surface area contributed by atoms with Crippen LogP contribution in [-0.4, -0.2) is 51.4 Å². The van der Waals surface area contributed by atoms with Crippen molar-refractivity contribution in [3.63, 3.8) is 0 Å². The number of nitrogens with two attached hydrogens (primary N) is 1. The summed E-state index contributed by atoms with van der Waals surface area (Å²) in [5.74, 6) is 0.804. The molecule has 1 aliphatic rings. The number of rotatable bonds is 3. The molecular weight excluding hydrogens is 320 g/mol. The molecule has 0 aliphatic carbocycles. The first-order chi connectivity index (χ1) is 11.7. The normalized spacial score (nSPS) is 16.7. The van der Waals surface area contributed by atoms with E-state index in [2.05, 4.69) is 15.3 Å². The fraction of sp³-hybridized carbons (Fsp3) is 0.647. The van der Waals surface area contributed by atoms with Crippen molar-refractivity contribution in [2.75, 3.05) is 24.1 Å². The van der Waals surface area contributed by atoms with Crippen molar-refractivity contribution in [2.45, 2.75) is 59.6 Å². The minimum atomic E-state index is -0.506. The molecule has 2 heterocycles. The van der Waals surface area contributed by atoms with E-state index in [1.807, 2.05) is 34.6 Å². The van der Waals surface area contributed by atoms with E-state index in [0.29, 0.717) is 30.2 Å². The van der Waals surface area contributed by atoms with Crippen LogP contribution in [0.15, 0.2) is 6.33 Å². The molecule has 1 aromatic rings. The Morgan fingerprint density at radius 3 is 2.60 bits per heavy atom. The van der Waals surface area contributed by atoms with Gasteiger partial charge < -0.3 is 26.1 Å². The Kier molecular flexibility index (Phi) is 7.14. The predicted molar refractivity (Wildman–Crippen MR) is 100 cm³/mol. The first kappa shape index (κ1) is 20.7. The Morgan fingerprint density at radius 1 is 1.40 bits per heavy atom. The van der Waals surface area contributed by atoms with E-state index in [1.165, 1.54) is 6.33 Å². The van der Waals surface area contributed by atoms with Crippen molar-refractivity contribution >= 4 is 23.4 Å². The lowest BCUT2D eigenvalue weighted by molar-refractivity contribution is 0.0293. The summed E-state index contributed by atoms with van der Waals surface area (Å²) in [6, 6.07) is 0.0370. The van der Waals surface area contributed by atoms with Crippen LogP contribution in [0.1, 0.15) is 53.5 Å². The number of nitrogens with one attached hydrogen (secondary N) is 2. The molecule has 1 saturated heterocycles. The maximum absolute atomic E-state index is 12.1. The van der Waals surface area contributed by atoms with E-state index in [4.69, 9.17) is 15.9 Å². The van der Waals surface area contributed by atoms with Crippen molar-refractivity contribution in [1.29, 1.82) is 5.41 Å². The van der Waals surface area contributed by atoms with E-state index >= 15 is 0 Å². The number of hydrogen-bond donors (Lipinski definition) is 3. The number of ether oxygens (including phenoxy) is 1. The van der Waals surface area contributed by atoms with Gasteiger partial charge in [-0.1, -0.05) is 13.8 Å². The van der Waals surface area contributed by atoms with E-state index in [9.17, 15) is 4.79 Å². The Bertz CT molecular complexity index is 612. The average Bonchev–Trinajstić information content (AvgIpc) is 2.96. The maximum Gasteiger partial charge on any atom is 0.410 e. The zero-order chi connectivity index (χ0) is 19.2. The van der Waals surface area contributed by atoms with Crippen molar-refractivity contribution < 1.29 is 9.53 Å². The molecule has 1 aromatic heterocycles. The molecule has 0 spiro atoms. The fourth-order valence-corrected chi connectivity index (χ4v) is 2.44. The van der Waals surface area contributed by atoms with Gasteiger partial charge >= 0.3 is 6.09 Å². The highest BCUT2D eigenvalue weighted by Gasteiger charge is 2.30. The van der Waals surface area contributed by atoms with Gasteiger partial charge in [-0.2, -0.15) is 0 Å². The maximum atomic E-state index is 12.1. The van der Waals surface area contributed by atoms with Crippen molar-refractivity contribution in [3.05, 3.63) is 11.9 Å². The van der Waals surface area contributed by atoms with Gasteiger partial charge in [-0.15, -0.1) is 0 Å². The summed E-state index contributed by atoms with van der Waals surface area (Å²) >= 11 is 0. The van der Waals surface area contributed by atoms with E-state index in [1.54, 1.807) is 11.8 Å². The molecular formula is C17H30N6O2. The fourth-order valence-electron chi connectivity index (χ4n) is 2.44. The number of hydrogen-bond acceptors (Lipinski definition) is 7. The summed E-state index contributed by atoms with van der Waals surface area (Å²) in [5, 5.41) is 11.1. The van der Waals surface area contributed by atoms with Gasteiger partial charge in [0, 0.05) is 24.8 Å². The molecule has 1 aliphatic heterocycles. The van der Waals surface area contributed by atoms with Gasteiger partial charge in [0.05, 0.1) is 5.56 Å². The molecule has 8 nitrogen and oxygen atoms in total. The number of amides is 1. The molecule has 0 bridgehead atoms. The van der Waals surface area contributed by atoms with Crippen LogP contribution >= 0.6 is 0 Å². The van der Waals surface area contributed by atoms with Gasteiger partial charge in [0.2, 0.25) is 0 Å². The van der Waals surface area contributed by atoms with Gasteiger partial charge in [0.1, 0.15) is 23.6 Å². The van der Waals surface area contributed by atoms with E-state index in [-0.39, 0.29) is 18.0 Å². The summed E-state index contributed by atoms with van der Waals surface area (Å²) in [6.07, 6.45) is 1.83. The number of nitrogens with zero attached hydrogens (tertiary/aromatic N) is 3. The zero-order valence-corrected chi connectivity index (χ0v) is 16.0. The molecule has 4 N–H and O–H groups in total. The van der Waals surface area contributed by atoms with E-state index in [0.717, 1.165) is 6.42 Å². The highest BCUT2D eigenvalue weighted by atomic mass is 16.6. The molecule has 8 heteroatoms. The lowest BCUT2D eigenvalue weighted by Crippen LogP contribution is -2.36. The van der Waals surface area contributed by atoms with Crippen LogP contribution in [-0.2, 0) is 4.74 Å². The average molecular weight is 350 g/mol. The third-order valence-corrected chi connectivity index (χ3v) is 3.43. The zero-order valence-electron chi connectivity index (χ0n) is 16.0. The van der Waals surface area contributed by atoms with Crippen LogP contribution in [0.25, 0.3) is 0 Å². The molecule has 1 fully saturated rings. The Balaban J connectivity index is 0.00000151. The number of carbonyl (C=O) groups excluding carboxylic acids is 1. The van der Waals surface area contributed by atoms with Crippen LogP contribution in [0.4, 0.5) is 16.4 Å². The molecule has 1 unspecified atom stereocenters. The summed E-state index contributed by atoms with van der Waals surface area (Å²) in [6.45, 7) is 12.3. The first-order valence-electron chi connectivity index (χ1n) is 8.58. The number of aromatic nitrogens is 2. The van der Waals surface area contributed by atoms with Gasteiger partial charge in [0.15, 0.2) is 0 Å². The number of nitrogen functional groups attached to an aromatic ring is 1. The predicted octanol–water partition coefficient (Wildman–Crippen LogP) is 2.89. The number of carbonyl (C=O) groups is 1. The first-order valence-corrected chi connectivity index (χ1v) is 8.58. The lowest BCUT2D eigenvalue weighted by Gasteiger charge is -2.24. The topological polar surface area (TPSA) is 117 Å². The van der Waals surface area contributed by atoms with Gasteiger partial charge in [-0.25, -0.2) is 14.8 Å². The Morgan fingerprint density at radius 2 is 2.04 bits per heavy atom. The van der Waals surface area contributed by atoms with Crippen LogP contribution < -0.4 is 11.1 Å². The third-order valence-electron chi connectivity index (χ3n) is 3.43. The second-order valence-corrected chi connectivity index (χ2v) is 6.66. The van der Waals surface area contributed by atoms with Gasteiger partial charge in [0.25, 0.3) is 0 Å². The Hall–Kier alpha value is -2.38. The minimum Gasteiger partial charge on any atom is -0.444 e. The monoisotopic (exact) mass is 350 g/mol. The second-order valence-electron chi connectivity index (χ2n) is 6.66. The molecule has 1 atom stereocenters. The SMILES string of the molecule is CC.CC(=N)c1c(N)ncnc1NC1CCN(C(=O)OC(C)(C)C)C1. The molecule has 0 saturated carbocycles. The summed E-state index contributed by atoms with van der Waals surface area (Å²) in [7, 11) is 0. The van der Waals surface area contributed by atoms with Crippen LogP contribution in [0.3, 0.4) is 0 Å². The molecule has 0 aromatic carbocycles. The summed E-state index contributed by atoms with van der Waals surface area (Å²) in [4.78, 5) is 21.9. The molecule has 25 heavy (non-hydrogen) atoms. The minimum absolute atomic E-state index is 0.0370. The van der Waals surface area contributed by atoms with Gasteiger partial charge in [-0.3, -0.25) is 0 Å². The second kappa shape index (κ2) is 8.64. The molecule has 0 radical (unpaired) electrons. The largest absolute Gasteiger partial charge is 0.444 e. The molecule has 140 valence electrons. The summed E-state index contributed by atoms with van der Waals surface area (Å²) < 4.78 is 5.38. The quantitative estimate of drug-likeness (QED) is 0.722. The van der Waals surface area contributed by atoms with Crippen molar-refractivity contribution in [3.8, 4) is 0 Å². The van der Waals surface area contributed by atoms with Crippen LogP contribution in [0.5, 0.6) is 0 Å². The Labute approximate surface area is 149 Å².